The summed E-state index contributed by atoms with van der Waals surface area (Å²) in [6.45, 7) is 0. The Kier molecular flexibility index (Phi) is 2.51. The molecule has 0 aromatic heterocycles. The molecule has 0 amide bonds. The second-order valence-corrected chi connectivity index (χ2v) is 5.69. The van der Waals surface area contributed by atoms with Crippen molar-refractivity contribution in [1.82, 2.24) is 4.72 Å². The number of hydrogen-bond donors (Lipinski definition) is 2. The quantitative estimate of drug-likeness (QED) is 0.759. The molecule has 1 aromatic carbocycles. The zero-order valence-corrected chi connectivity index (χ0v) is 10.4. The first-order valence-corrected chi connectivity index (χ1v) is 6.49. The fourth-order valence-corrected chi connectivity index (χ4v) is 2.79. The largest absolute Gasteiger partial charge is 0.493 e. The Morgan fingerprint density at radius 1 is 1.40 bits per heavy atom. The molecule has 15 heavy (non-hydrogen) atoms. The Hall–Kier alpha value is -0.960. The third kappa shape index (κ3) is 2.02. The number of nitrogens with one attached hydrogen (secondary N) is 1. The fourth-order valence-electron chi connectivity index (χ4n) is 1.21. The summed E-state index contributed by atoms with van der Waals surface area (Å²) in [5, 5.41) is 9.09. The van der Waals surface area contributed by atoms with Gasteiger partial charge in [-0.05, 0) is 40.8 Å². The molecule has 1 aliphatic heterocycles. The predicted molar refractivity (Wildman–Crippen MR) is 64.4 cm³/mol. The maximum absolute atomic E-state index is 11.5. The minimum atomic E-state index is -3.67. The summed E-state index contributed by atoms with van der Waals surface area (Å²) in [6, 6.07) is 6.95. The number of anilines is 1. The van der Waals surface area contributed by atoms with Crippen LogP contribution in [0.3, 0.4) is 0 Å². The van der Waals surface area contributed by atoms with Crippen LogP contribution in [0.4, 0.5) is 5.69 Å². The van der Waals surface area contributed by atoms with E-state index in [1.54, 1.807) is 18.2 Å². The number of benzene rings is 1. The zero-order valence-electron chi connectivity index (χ0n) is 7.38. The van der Waals surface area contributed by atoms with Gasteiger partial charge < -0.3 is 5.11 Å². The van der Waals surface area contributed by atoms with Gasteiger partial charge in [-0.3, -0.25) is 0 Å². The molecule has 0 atom stereocenters. The third-order valence-electron chi connectivity index (χ3n) is 1.79. The highest BCUT2D eigenvalue weighted by Crippen LogP contribution is 2.23. The summed E-state index contributed by atoms with van der Waals surface area (Å²) < 4.78 is 26.8. The van der Waals surface area contributed by atoms with E-state index in [4.69, 9.17) is 5.11 Å². The molecule has 1 aliphatic rings. The van der Waals surface area contributed by atoms with Crippen LogP contribution in [-0.2, 0) is 10.2 Å². The molecule has 0 spiro atoms. The second kappa shape index (κ2) is 3.56. The SMILES string of the molecule is O=S1(=O)NC(O)=CN1c1cccc(I)c1. The minimum Gasteiger partial charge on any atom is -0.493 e. The van der Waals surface area contributed by atoms with Crippen LogP contribution < -0.4 is 9.03 Å². The molecule has 1 aromatic rings. The Morgan fingerprint density at radius 3 is 2.67 bits per heavy atom. The molecule has 2 rings (SSSR count). The van der Waals surface area contributed by atoms with Crippen molar-refractivity contribution in [3.05, 3.63) is 39.9 Å². The third-order valence-corrected chi connectivity index (χ3v) is 3.77. The van der Waals surface area contributed by atoms with E-state index in [2.05, 4.69) is 22.6 Å². The molecule has 0 saturated heterocycles. The molecule has 0 saturated carbocycles. The lowest BCUT2D eigenvalue weighted by Crippen LogP contribution is -2.29. The smallest absolute Gasteiger partial charge is 0.330 e. The highest BCUT2D eigenvalue weighted by atomic mass is 127. The van der Waals surface area contributed by atoms with Crippen LogP contribution in [0.1, 0.15) is 0 Å². The Morgan fingerprint density at radius 2 is 2.13 bits per heavy atom. The Bertz CT molecular complexity index is 526. The van der Waals surface area contributed by atoms with Gasteiger partial charge in [0.15, 0.2) is 0 Å². The fraction of sp³-hybridized carbons (Fsp3) is 0. The van der Waals surface area contributed by atoms with E-state index in [1.807, 2.05) is 10.8 Å². The van der Waals surface area contributed by atoms with Crippen LogP contribution in [0.5, 0.6) is 0 Å². The second-order valence-electron chi connectivity index (χ2n) is 2.90. The maximum Gasteiger partial charge on any atom is 0.330 e. The summed E-state index contributed by atoms with van der Waals surface area (Å²) >= 11 is 2.08. The molecule has 80 valence electrons. The van der Waals surface area contributed by atoms with Gasteiger partial charge >= 0.3 is 10.2 Å². The molecule has 0 aliphatic carbocycles. The summed E-state index contributed by atoms with van der Waals surface area (Å²) in [6.07, 6.45) is 1.13. The minimum absolute atomic E-state index is 0.381. The van der Waals surface area contributed by atoms with Crippen LogP contribution in [0.2, 0.25) is 0 Å². The zero-order chi connectivity index (χ0) is 11.1. The number of aliphatic hydroxyl groups excluding tert-OH is 1. The number of rotatable bonds is 1. The molecule has 0 fully saturated rings. The van der Waals surface area contributed by atoms with Gasteiger partial charge in [0.05, 0.1) is 11.9 Å². The highest BCUT2D eigenvalue weighted by molar-refractivity contribution is 14.1. The Balaban J connectivity index is 2.48. The van der Waals surface area contributed by atoms with Crippen molar-refractivity contribution in [3.8, 4) is 0 Å². The van der Waals surface area contributed by atoms with Gasteiger partial charge in [-0.2, -0.15) is 8.42 Å². The number of aliphatic hydroxyl groups is 1. The molecule has 0 radical (unpaired) electrons. The van der Waals surface area contributed by atoms with E-state index in [0.717, 1.165) is 14.1 Å². The molecule has 2 N–H and O–H groups in total. The average molecular weight is 338 g/mol. The maximum atomic E-state index is 11.5. The van der Waals surface area contributed by atoms with Crippen molar-refractivity contribution in [2.24, 2.45) is 0 Å². The van der Waals surface area contributed by atoms with Gasteiger partial charge in [0.2, 0.25) is 5.88 Å². The van der Waals surface area contributed by atoms with Crippen molar-refractivity contribution >= 4 is 38.5 Å². The molecule has 0 unspecified atom stereocenters. The predicted octanol–water partition coefficient (Wildman–Crippen LogP) is 1.30. The molecule has 0 bridgehead atoms. The molecule has 1 heterocycles. The van der Waals surface area contributed by atoms with Gasteiger partial charge in [-0.25, -0.2) is 9.03 Å². The van der Waals surface area contributed by atoms with E-state index in [0.29, 0.717) is 5.69 Å². The summed E-state index contributed by atoms with van der Waals surface area (Å²) in [5.74, 6) is -0.381. The number of hydrogen-bond acceptors (Lipinski definition) is 3. The number of halogens is 1. The van der Waals surface area contributed by atoms with Crippen molar-refractivity contribution in [2.45, 2.75) is 0 Å². The lowest BCUT2D eigenvalue weighted by molar-refractivity contribution is 0.392. The van der Waals surface area contributed by atoms with E-state index in [9.17, 15) is 8.42 Å². The van der Waals surface area contributed by atoms with Gasteiger partial charge in [-0.15, -0.1) is 0 Å². The van der Waals surface area contributed by atoms with E-state index >= 15 is 0 Å². The van der Waals surface area contributed by atoms with Crippen molar-refractivity contribution in [2.75, 3.05) is 4.31 Å². The summed E-state index contributed by atoms with van der Waals surface area (Å²) in [5.41, 5.74) is 0.485. The highest BCUT2D eigenvalue weighted by Gasteiger charge is 2.28. The van der Waals surface area contributed by atoms with E-state index < -0.39 is 10.2 Å². The van der Waals surface area contributed by atoms with Crippen molar-refractivity contribution in [1.29, 1.82) is 0 Å². The average Bonchev–Trinajstić information content (AvgIpc) is 2.39. The van der Waals surface area contributed by atoms with Crippen LogP contribution in [0.25, 0.3) is 0 Å². The first kappa shape index (κ1) is 10.6. The monoisotopic (exact) mass is 338 g/mol. The van der Waals surface area contributed by atoms with Crippen LogP contribution >= 0.6 is 22.6 Å². The van der Waals surface area contributed by atoms with E-state index in [1.165, 1.54) is 0 Å². The summed E-state index contributed by atoms with van der Waals surface area (Å²) in [7, 11) is -3.67. The number of nitrogens with zero attached hydrogens (tertiary/aromatic N) is 1. The normalized spacial score (nSPS) is 18.5. The first-order chi connectivity index (χ1) is 6.99. The van der Waals surface area contributed by atoms with Gasteiger partial charge in [-0.1, -0.05) is 6.07 Å². The van der Waals surface area contributed by atoms with Crippen LogP contribution in [0.15, 0.2) is 36.3 Å². The molecular weight excluding hydrogens is 331 g/mol. The van der Waals surface area contributed by atoms with Gasteiger partial charge in [0, 0.05) is 3.57 Å². The lowest BCUT2D eigenvalue weighted by atomic mass is 10.3. The molecule has 5 nitrogen and oxygen atoms in total. The van der Waals surface area contributed by atoms with Gasteiger partial charge in [0.25, 0.3) is 0 Å². The van der Waals surface area contributed by atoms with Gasteiger partial charge in [0.1, 0.15) is 0 Å². The molecule has 7 heteroatoms. The topological polar surface area (TPSA) is 69.6 Å². The van der Waals surface area contributed by atoms with Crippen molar-refractivity contribution < 1.29 is 13.5 Å². The summed E-state index contributed by atoms with van der Waals surface area (Å²) in [4.78, 5) is 0. The lowest BCUT2D eigenvalue weighted by Gasteiger charge is -2.13. The first-order valence-electron chi connectivity index (χ1n) is 3.97. The standard InChI is InChI=1S/C8H7IN2O3S/c9-6-2-1-3-7(4-6)11-5-8(12)10-15(11,13)14/h1-5,10,12H. The van der Waals surface area contributed by atoms with Crippen LogP contribution in [0, 0.1) is 3.57 Å². The van der Waals surface area contributed by atoms with E-state index in [-0.39, 0.29) is 5.88 Å². The van der Waals surface area contributed by atoms with Crippen molar-refractivity contribution in [3.63, 3.8) is 0 Å². The molecular formula is C8H7IN2O3S. The Labute approximate surface area is 101 Å². The van der Waals surface area contributed by atoms with Crippen LogP contribution in [-0.4, -0.2) is 13.5 Å².